The minimum absolute atomic E-state index is 0.104. The number of carbonyl (C=O) groups excluding carboxylic acids is 1. The summed E-state index contributed by atoms with van der Waals surface area (Å²) in [6.45, 7) is 1.57. The lowest BCUT2D eigenvalue weighted by Gasteiger charge is -2.27. The van der Waals surface area contributed by atoms with E-state index in [0.717, 1.165) is 17.0 Å². The first kappa shape index (κ1) is 11.8. The summed E-state index contributed by atoms with van der Waals surface area (Å²) in [5.41, 5.74) is 2.18. The van der Waals surface area contributed by atoms with Crippen LogP contribution < -0.4 is 4.74 Å². The standard InChI is InChI=1S/C14H15N3O2/c1-19-13-4-2-11(3-5-13)8-16-9-12-6-7-15-17(12)10-14(16)18/h2-7H,8-10H2,1H3. The third-order valence-electron chi connectivity index (χ3n) is 3.33. The zero-order valence-corrected chi connectivity index (χ0v) is 10.7. The first-order valence-corrected chi connectivity index (χ1v) is 6.17. The highest BCUT2D eigenvalue weighted by molar-refractivity contribution is 5.76. The van der Waals surface area contributed by atoms with Crippen molar-refractivity contribution >= 4 is 5.91 Å². The Morgan fingerprint density at radius 2 is 2.00 bits per heavy atom. The van der Waals surface area contributed by atoms with Gasteiger partial charge in [-0.1, -0.05) is 12.1 Å². The van der Waals surface area contributed by atoms with Gasteiger partial charge in [0, 0.05) is 12.7 Å². The van der Waals surface area contributed by atoms with Gasteiger partial charge in [-0.15, -0.1) is 0 Å². The second kappa shape index (κ2) is 4.76. The Morgan fingerprint density at radius 1 is 1.21 bits per heavy atom. The maximum Gasteiger partial charge on any atom is 0.244 e. The molecular weight excluding hydrogens is 242 g/mol. The molecule has 0 unspecified atom stereocenters. The molecule has 1 aliphatic rings. The molecule has 1 amide bonds. The zero-order valence-electron chi connectivity index (χ0n) is 10.7. The molecule has 1 aromatic carbocycles. The van der Waals surface area contributed by atoms with E-state index in [2.05, 4.69) is 5.10 Å². The van der Waals surface area contributed by atoms with E-state index in [0.29, 0.717) is 19.6 Å². The minimum Gasteiger partial charge on any atom is -0.497 e. The van der Waals surface area contributed by atoms with Crippen molar-refractivity contribution < 1.29 is 9.53 Å². The molecule has 19 heavy (non-hydrogen) atoms. The van der Waals surface area contributed by atoms with Crippen molar-refractivity contribution in [2.45, 2.75) is 19.6 Å². The number of hydrogen-bond donors (Lipinski definition) is 0. The van der Waals surface area contributed by atoms with Gasteiger partial charge in [-0.2, -0.15) is 5.10 Å². The number of rotatable bonds is 3. The van der Waals surface area contributed by atoms with Gasteiger partial charge in [0.25, 0.3) is 0 Å². The number of methoxy groups -OCH3 is 1. The Labute approximate surface area is 111 Å². The predicted molar refractivity (Wildman–Crippen MR) is 69.5 cm³/mol. The summed E-state index contributed by atoms with van der Waals surface area (Å²) in [5.74, 6) is 0.929. The average Bonchev–Trinajstić information content (AvgIpc) is 2.87. The topological polar surface area (TPSA) is 47.4 Å². The van der Waals surface area contributed by atoms with Gasteiger partial charge in [0.1, 0.15) is 12.3 Å². The number of benzene rings is 1. The van der Waals surface area contributed by atoms with E-state index in [1.807, 2.05) is 35.2 Å². The molecule has 98 valence electrons. The number of nitrogens with zero attached hydrogens (tertiary/aromatic N) is 3. The lowest BCUT2D eigenvalue weighted by molar-refractivity contribution is -0.135. The minimum atomic E-state index is 0.104. The molecule has 0 aliphatic carbocycles. The number of hydrogen-bond acceptors (Lipinski definition) is 3. The fourth-order valence-electron chi connectivity index (χ4n) is 2.24. The maximum atomic E-state index is 12.0. The van der Waals surface area contributed by atoms with E-state index >= 15 is 0 Å². The molecule has 2 aromatic rings. The third-order valence-corrected chi connectivity index (χ3v) is 3.33. The number of fused-ring (bicyclic) bond motifs is 1. The van der Waals surface area contributed by atoms with Gasteiger partial charge in [-0.25, -0.2) is 0 Å². The zero-order chi connectivity index (χ0) is 13.2. The normalized spacial score (nSPS) is 14.4. The van der Waals surface area contributed by atoms with Crippen molar-refractivity contribution in [2.75, 3.05) is 7.11 Å². The van der Waals surface area contributed by atoms with E-state index in [4.69, 9.17) is 4.74 Å². The van der Waals surface area contributed by atoms with Gasteiger partial charge < -0.3 is 9.64 Å². The summed E-state index contributed by atoms with van der Waals surface area (Å²) in [5, 5.41) is 4.12. The lowest BCUT2D eigenvalue weighted by Crippen LogP contribution is -2.38. The molecule has 3 rings (SSSR count). The Morgan fingerprint density at radius 3 is 2.74 bits per heavy atom. The first-order chi connectivity index (χ1) is 9.26. The lowest BCUT2D eigenvalue weighted by atomic mass is 10.2. The monoisotopic (exact) mass is 257 g/mol. The summed E-state index contributed by atoms with van der Waals surface area (Å²) in [6, 6.07) is 9.74. The second-order valence-electron chi connectivity index (χ2n) is 4.58. The second-order valence-corrected chi connectivity index (χ2v) is 4.58. The summed E-state index contributed by atoms with van der Waals surface area (Å²) >= 11 is 0. The quantitative estimate of drug-likeness (QED) is 0.835. The van der Waals surface area contributed by atoms with Crippen LogP contribution in [0.15, 0.2) is 36.5 Å². The van der Waals surface area contributed by atoms with Crippen LogP contribution in [0, 0.1) is 0 Å². The molecule has 5 heteroatoms. The van der Waals surface area contributed by atoms with Crippen LogP contribution in [0.4, 0.5) is 0 Å². The van der Waals surface area contributed by atoms with E-state index in [-0.39, 0.29) is 5.91 Å². The molecule has 0 radical (unpaired) electrons. The van der Waals surface area contributed by atoms with Crippen molar-refractivity contribution in [2.24, 2.45) is 0 Å². The molecule has 0 bridgehead atoms. The number of ether oxygens (including phenoxy) is 1. The van der Waals surface area contributed by atoms with E-state index in [1.54, 1.807) is 18.0 Å². The van der Waals surface area contributed by atoms with Crippen LogP contribution in [-0.4, -0.2) is 27.7 Å². The molecule has 2 heterocycles. The fourth-order valence-corrected chi connectivity index (χ4v) is 2.24. The molecule has 1 aromatic heterocycles. The average molecular weight is 257 g/mol. The Bertz CT molecular complexity index is 589. The van der Waals surface area contributed by atoms with Gasteiger partial charge in [-0.05, 0) is 23.8 Å². The van der Waals surface area contributed by atoms with Crippen LogP contribution in [-0.2, 0) is 24.4 Å². The predicted octanol–water partition coefficient (Wildman–Crippen LogP) is 1.43. The maximum absolute atomic E-state index is 12.0. The Hall–Kier alpha value is -2.30. The molecule has 5 nitrogen and oxygen atoms in total. The van der Waals surface area contributed by atoms with Crippen LogP contribution in [0.25, 0.3) is 0 Å². The highest BCUT2D eigenvalue weighted by Crippen LogP contribution is 2.17. The van der Waals surface area contributed by atoms with Crippen molar-refractivity contribution in [1.82, 2.24) is 14.7 Å². The third kappa shape index (κ3) is 2.31. The molecule has 0 spiro atoms. The largest absolute Gasteiger partial charge is 0.497 e. The van der Waals surface area contributed by atoms with Crippen LogP contribution >= 0.6 is 0 Å². The fraction of sp³-hybridized carbons (Fsp3) is 0.286. The highest BCUT2D eigenvalue weighted by Gasteiger charge is 2.22. The summed E-state index contributed by atoms with van der Waals surface area (Å²) in [6.07, 6.45) is 1.74. The molecule has 0 saturated heterocycles. The van der Waals surface area contributed by atoms with Gasteiger partial charge in [-0.3, -0.25) is 9.48 Å². The Balaban J connectivity index is 1.74. The van der Waals surface area contributed by atoms with Crippen LogP contribution in [0.5, 0.6) is 5.75 Å². The number of aromatic nitrogens is 2. The van der Waals surface area contributed by atoms with Crippen LogP contribution in [0.1, 0.15) is 11.3 Å². The SMILES string of the molecule is COc1ccc(CN2Cc3ccnn3CC2=O)cc1. The van der Waals surface area contributed by atoms with Crippen LogP contribution in [0.2, 0.25) is 0 Å². The molecular formula is C14H15N3O2. The number of carbonyl (C=O) groups is 1. The van der Waals surface area contributed by atoms with Crippen molar-refractivity contribution in [3.05, 3.63) is 47.8 Å². The van der Waals surface area contributed by atoms with Gasteiger partial charge in [0.05, 0.1) is 19.3 Å². The highest BCUT2D eigenvalue weighted by atomic mass is 16.5. The molecule has 0 saturated carbocycles. The van der Waals surface area contributed by atoms with Gasteiger partial charge in [0.15, 0.2) is 0 Å². The van der Waals surface area contributed by atoms with E-state index < -0.39 is 0 Å². The Kier molecular flexibility index (Phi) is 2.95. The van der Waals surface area contributed by atoms with Gasteiger partial charge in [0.2, 0.25) is 5.91 Å². The van der Waals surface area contributed by atoms with E-state index in [9.17, 15) is 4.79 Å². The summed E-state index contributed by atoms with van der Waals surface area (Å²) in [7, 11) is 1.64. The molecule has 0 N–H and O–H groups in total. The first-order valence-electron chi connectivity index (χ1n) is 6.17. The van der Waals surface area contributed by atoms with Gasteiger partial charge >= 0.3 is 0 Å². The number of amides is 1. The van der Waals surface area contributed by atoms with Crippen molar-refractivity contribution in [1.29, 1.82) is 0 Å². The summed E-state index contributed by atoms with van der Waals surface area (Å²) < 4.78 is 6.88. The molecule has 1 aliphatic heterocycles. The van der Waals surface area contributed by atoms with Crippen LogP contribution in [0.3, 0.4) is 0 Å². The summed E-state index contributed by atoms with van der Waals surface area (Å²) in [4.78, 5) is 13.9. The van der Waals surface area contributed by atoms with Crippen molar-refractivity contribution in [3.63, 3.8) is 0 Å². The smallest absolute Gasteiger partial charge is 0.244 e. The van der Waals surface area contributed by atoms with E-state index in [1.165, 1.54) is 0 Å². The van der Waals surface area contributed by atoms with Crippen molar-refractivity contribution in [3.8, 4) is 5.75 Å². The molecule has 0 fully saturated rings. The molecule has 0 atom stereocenters.